The number of carbonyl (C=O) groups excluding carboxylic acids is 2. The molecule has 0 unspecified atom stereocenters. The summed E-state index contributed by atoms with van der Waals surface area (Å²) in [6.45, 7) is 0.133. The summed E-state index contributed by atoms with van der Waals surface area (Å²) >= 11 is 1.10. The van der Waals surface area contributed by atoms with Crippen LogP contribution in [0.1, 0.15) is 14.8 Å². The first-order valence-electron chi connectivity index (χ1n) is 8.54. The van der Waals surface area contributed by atoms with Gasteiger partial charge >= 0.3 is 6.03 Å². The van der Waals surface area contributed by atoms with Crippen LogP contribution in [0.4, 0.5) is 16.2 Å². The van der Waals surface area contributed by atoms with Crippen molar-refractivity contribution in [3.8, 4) is 11.5 Å². The van der Waals surface area contributed by atoms with Crippen molar-refractivity contribution >= 4 is 34.6 Å². The van der Waals surface area contributed by atoms with E-state index in [1.54, 1.807) is 49.6 Å². The fourth-order valence-electron chi connectivity index (χ4n) is 2.35. The van der Waals surface area contributed by atoms with Crippen molar-refractivity contribution in [2.75, 3.05) is 24.9 Å². The highest BCUT2D eigenvalue weighted by Crippen LogP contribution is 2.23. The number of rotatable bonds is 7. The summed E-state index contributed by atoms with van der Waals surface area (Å²) in [5, 5.41) is 16.6. The number of aromatic nitrogens is 2. The van der Waals surface area contributed by atoms with Crippen LogP contribution in [-0.2, 0) is 6.54 Å². The van der Waals surface area contributed by atoms with E-state index in [4.69, 9.17) is 9.47 Å². The molecule has 9 nitrogen and oxygen atoms in total. The van der Waals surface area contributed by atoms with Gasteiger partial charge in [0.15, 0.2) is 0 Å². The smallest absolute Gasteiger partial charge is 0.319 e. The zero-order chi connectivity index (χ0) is 20.6. The molecule has 0 aliphatic rings. The van der Waals surface area contributed by atoms with E-state index in [9.17, 15) is 9.59 Å². The van der Waals surface area contributed by atoms with Gasteiger partial charge in [-0.1, -0.05) is 23.5 Å². The highest BCUT2D eigenvalue weighted by atomic mass is 32.1. The lowest BCUT2D eigenvalue weighted by atomic mass is 10.3. The molecular formula is C19H19N5O4S. The average Bonchev–Trinajstić information content (AvgIpc) is 3.22. The highest BCUT2D eigenvalue weighted by molar-refractivity contribution is 7.13. The number of amides is 3. The molecular weight excluding hydrogens is 394 g/mol. The van der Waals surface area contributed by atoms with Crippen molar-refractivity contribution in [2.45, 2.75) is 6.54 Å². The summed E-state index contributed by atoms with van der Waals surface area (Å²) in [6, 6.07) is 13.6. The first kappa shape index (κ1) is 20.1. The molecule has 150 valence electrons. The Kier molecular flexibility index (Phi) is 6.59. The summed E-state index contributed by atoms with van der Waals surface area (Å²) in [7, 11) is 3.10. The van der Waals surface area contributed by atoms with Gasteiger partial charge in [0.05, 0.1) is 26.5 Å². The third-order valence-corrected chi connectivity index (χ3v) is 4.69. The van der Waals surface area contributed by atoms with Gasteiger partial charge in [-0.15, -0.1) is 10.2 Å². The Bertz CT molecular complexity index is 990. The SMILES string of the molecule is COc1ccc(NC(=O)c2nnc(CNC(=O)Nc3ccccc3OC)s2)cc1. The summed E-state index contributed by atoms with van der Waals surface area (Å²) in [5.74, 6) is 0.868. The molecule has 0 bridgehead atoms. The fourth-order valence-corrected chi connectivity index (χ4v) is 3.02. The number of urea groups is 1. The number of para-hydroxylation sites is 2. The minimum Gasteiger partial charge on any atom is -0.497 e. The molecule has 3 N–H and O–H groups in total. The van der Waals surface area contributed by atoms with E-state index in [1.165, 1.54) is 7.11 Å². The van der Waals surface area contributed by atoms with E-state index in [2.05, 4.69) is 26.1 Å². The molecule has 1 heterocycles. The summed E-state index contributed by atoms with van der Waals surface area (Å²) in [4.78, 5) is 24.4. The molecule has 1 aromatic heterocycles. The summed E-state index contributed by atoms with van der Waals surface area (Å²) < 4.78 is 10.3. The third kappa shape index (κ3) is 5.42. The average molecular weight is 413 g/mol. The van der Waals surface area contributed by atoms with Crippen LogP contribution in [0.2, 0.25) is 0 Å². The maximum absolute atomic E-state index is 12.3. The lowest BCUT2D eigenvalue weighted by molar-refractivity contribution is 0.102. The number of hydrogen-bond donors (Lipinski definition) is 3. The van der Waals surface area contributed by atoms with Crippen LogP contribution in [0.3, 0.4) is 0 Å². The number of nitrogens with one attached hydrogen (secondary N) is 3. The van der Waals surface area contributed by atoms with Crippen LogP contribution in [-0.4, -0.2) is 36.4 Å². The lowest BCUT2D eigenvalue weighted by Crippen LogP contribution is -2.28. The Morgan fingerprint density at radius 3 is 2.45 bits per heavy atom. The monoisotopic (exact) mass is 413 g/mol. The van der Waals surface area contributed by atoms with Gasteiger partial charge in [0.25, 0.3) is 5.91 Å². The van der Waals surface area contributed by atoms with Crippen LogP contribution in [0.5, 0.6) is 11.5 Å². The molecule has 3 amide bonds. The van der Waals surface area contributed by atoms with Gasteiger partial charge < -0.3 is 25.4 Å². The normalized spacial score (nSPS) is 10.1. The third-order valence-electron chi connectivity index (χ3n) is 3.76. The molecule has 0 saturated carbocycles. The number of benzene rings is 2. The molecule has 2 aromatic carbocycles. The zero-order valence-corrected chi connectivity index (χ0v) is 16.6. The molecule has 10 heteroatoms. The van der Waals surface area contributed by atoms with E-state index >= 15 is 0 Å². The molecule has 0 fully saturated rings. The number of nitrogens with zero attached hydrogens (tertiary/aromatic N) is 2. The number of ether oxygens (including phenoxy) is 2. The Morgan fingerprint density at radius 2 is 1.72 bits per heavy atom. The Hall–Kier alpha value is -3.66. The second-order valence-electron chi connectivity index (χ2n) is 5.69. The van der Waals surface area contributed by atoms with Crippen molar-refractivity contribution in [3.05, 3.63) is 58.5 Å². The van der Waals surface area contributed by atoms with E-state index in [0.717, 1.165) is 11.3 Å². The molecule has 3 rings (SSSR count). The minimum absolute atomic E-state index is 0.133. The molecule has 0 spiro atoms. The maximum Gasteiger partial charge on any atom is 0.319 e. The molecule has 0 aliphatic carbocycles. The maximum atomic E-state index is 12.3. The van der Waals surface area contributed by atoms with Crippen LogP contribution >= 0.6 is 11.3 Å². The second kappa shape index (κ2) is 9.51. The predicted octanol–water partition coefficient (Wildman–Crippen LogP) is 3.13. The molecule has 0 aliphatic heterocycles. The largest absolute Gasteiger partial charge is 0.497 e. The van der Waals surface area contributed by atoms with E-state index in [0.29, 0.717) is 27.9 Å². The van der Waals surface area contributed by atoms with Gasteiger partial charge in [-0.05, 0) is 36.4 Å². The summed E-state index contributed by atoms with van der Waals surface area (Å²) in [6.07, 6.45) is 0. The van der Waals surface area contributed by atoms with Gasteiger partial charge in [0, 0.05) is 5.69 Å². The highest BCUT2D eigenvalue weighted by Gasteiger charge is 2.14. The fraction of sp³-hybridized carbons (Fsp3) is 0.158. The molecule has 29 heavy (non-hydrogen) atoms. The van der Waals surface area contributed by atoms with Crippen molar-refractivity contribution in [1.82, 2.24) is 15.5 Å². The van der Waals surface area contributed by atoms with Gasteiger partial charge in [-0.25, -0.2) is 4.79 Å². The lowest BCUT2D eigenvalue weighted by Gasteiger charge is -2.10. The minimum atomic E-state index is -0.422. The van der Waals surface area contributed by atoms with E-state index < -0.39 is 6.03 Å². The zero-order valence-electron chi connectivity index (χ0n) is 15.8. The van der Waals surface area contributed by atoms with Crippen LogP contribution in [0.25, 0.3) is 0 Å². The molecule has 0 saturated heterocycles. The number of methoxy groups -OCH3 is 2. The number of anilines is 2. The van der Waals surface area contributed by atoms with Crippen LogP contribution in [0, 0.1) is 0 Å². The van der Waals surface area contributed by atoms with Crippen LogP contribution in [0.15, 0.2) is 48.5 Å². The molecule has 3 aromatic rings. The van der Waals surface area contributed by atoms with E-state index in [1.807, 2.05) is 6.07 Å². The van der Waals surface area contributed by atoms with Crippen LogP contribution < -0.4 is 25.4 Å². The van der Waals surface area contributed by atoms with Gasteiger partial charge in [0.1, 0.15) is 16.5 Å². The Morgan fingerprint density at radius 1 is 0.966 bits per heavy atom. The van der Waals surface area contributed by atoms with Crippen molar-refractivity contribution < 1.29 is 19.1 Å². The first-order valence-corrected chi connectivity index (χ1v) is 9.36. The Balaban J connectivity index is 1.52. The van der Waals surface area contributed by atoms with Gasteiger partial charge in [0.2, 0.25) is 5.01 Å². The van der Waals surface area contributed by atoms with Crippen molar-refractivity contribution in [3.63, 3.8) is 0 Å². The first-order chi connectivity index (χ1) is 14.1. The molecule has 0 radical (unpaired) electrons. The standard InChI is InChI=1S/C19H19N5O4S/c1-27-13-9-7-12(8-10-13)21-17(25)18-24-23-16(29-18)11-20-19(26)22-14-5-3-4-6-15(14)28-2/h3-10H,11H2,1-2H3,(H,21,25)(H2,20,22,26). The number of hydrogen-bond acceptors (Lipinski definition) is 7. The molecule has 0 atom stereocenters. The quantitative estimate of drug-likeness (QED) is 0.548. The van der Waals surface area contributed by atoms with E-state index in [-0.39, 0.29) is 17.5 Å². The predicted molar refractivity (Wildman–Crippen MR) is 110 cm³/mol. The van der Waals surface area contributed by atoms with Gasteiger partial charge in [-0.3, -0.25) is 4.79 Å². The van der Waals surface area contributed by atoms with Gasteiger partial charge in [-0.2, -0.15) is 0 Å². The van der Waals surface area contributed by atoms with Crippen molar-refractivity contribution in [1.29, 1.82) is 0 Å². The summed E-state index contributed by atoms with van der Waals surface area (Å²) in [5.41, 5.74) is 1.16. The topological polar surface area (TPSA) is 114 Å². The van der Waals surface area contributed by atoms with Crippen molar-refractivity contribution in [2.24, 2.45) is 0 Å². The second-order valence-corrected chi connectivity index (χ2v) is 6.75. The number of carbonyl (C=O) groups is 2. The Labute approximate surface area is 171 Å².